The second kappa shape index (κ2) is 8.63. The van der Waals surface area contributed by atoms with E-state index in [1.165, 1.54) is 11.1 Å². The van der Waals surface area contributed by atoms with Crippen molar-refractivity contribution in [3.63, 3.8) is 0 Å². The van der Waals surface area contributed by atoms with Gasteiger partial charge in [0.05, 0.1) is 5.41 Å². The van der Waals surface area contributed by atoms with Gasteiger partial charge in [-0.25, -0.2) is 0 Å². The molecule has 0 bridgehead atoms. The number of piperidine rings is 1. The van der Waals surface area contributed by atoms with Crippen molar-refractivity contribution in [3.8, 4) is 11.1 Å². The van der Waals surface area contributed by atoms with Gasteiger partial charge in [0.1, 0.15) is 0 Å². The van der Waals surface area contributed by atoms with Gasteiger partial charge in [-0.2, -0.15) is 0 Å². The average molecular weight is 407 g/mol. The molecule has 1 aliphatic rings. The molecule has 2 amide bonds. The highest BCUT2D eigenvalue weighted by molar-refractivity contribution is 5.83. The lowest BCUT2D eigenvalue weighted by Gasteiger charge is -2.40. The molecule has 4 heteroatoms. The second-order valence-corrected chi connectivity index (χ2v) is 9.91. The Bertz CT molecular complexity index is 919. The number of benzene rings is 2. The van der Waals surface area contributed by atoms with Crippen LogP contribution in [0.2, 0.25) is 0 Å². The second-order valence-electron chi connectivity index (χ2n) is 9.91. The summed E-state index contributed by atoms with van der Waals surface area (Å²) in [6, 6.07) is 16.6. The summed E-state index contributed by atoms with van der Waals surface area (Å²) in [7, 11) is 0. The van der Waals surface area contributed by atoms with Gasteiger partial charge in [-0.15, -0.1) is 0 Å². The molecule has 1 aliphatic heterocycles. The number of carbonyl (C=O) groups is 2. The van der Waals surface area contributed by atoms with Crippen molar-refractivity contribution in [1.82, 2.24) is 4.90 Å². The number of hydrogen-bond acceptors (Lipinski definition) is 2. The highest BCUT2D eigenvalue weighted by atomic mass is 16.2. The summed E-state index contributed by atoms with van der Waals surface area (Å²) in [6.45, 7) is 9.51. The standard InChI is InChI=1S/C26H34N2O2/c1-19-9-5-7-11-21(19)22-12-8-6-10-20(22)17-26(24(27)30)13-15-28(16-14-26)23(29)18-25(2,3)4/h5-12H,13-18H2,1-4H3,(H2,27,30). The lowest BCUT2D eigenvalue weighted by Crippen LogP contribution is -2.50. The largest absolute Gasteiger partial charge is 0.369 e. The molecule has 0 atom stereocenters. The molecule has 160 valence electrons. The number of aryl methyl sites for hydroxylation is 1. The van der Waals surface area contributed by atoms with Crippen molar-refractivity contribution in [1.29, 1.82) is 0 Å². The molecule has 0 saturated carbocycles. The number of nitrogens with zero attached hydrogens (tertiary/aromatic N) is 1. The zero-order chi connectivity index (χ0) is 21.9. The maximum absolute atomic E-state index is 12.6. The Kier molecular flexibility index (Phi) is 6.35. The predicted molar refractivity (Wildman–Crippen MR) is 122 cm³/mol. The molecule has 3 rings (SSSR count). The highest BCUT2D eigenvalue weighted by Crippen LogP contribution is 2.38. The van der Waals surface area contributed by atoms with Crippen molar-refractivity contribution in [2.45, 2.75) is 53.4 Å². The van der Waals surface area contributed by atoms with Crippen molar-refractivity contribution in [3.05, 3.63) is 59.7 Å². The molecule has 0 radical (unpaired) electrons. The molecule has 30 heavy (non-hydrogen) atoms. The van der Waals surface area contributed by atoms with Crippen LogP contribution in [0.15, 0.2) is 48.5 Å². The summed E-state index contributed by atoms with van der Waals surface area (Å²) in [5.41, 5.74) is 9.98. The van der Waals surface area contributed by atoms with Crippen LogP contribution in [-0.2, 0) is 16.0 Å². The zero-order valence-corrected chi connectivity index (χ0v) is 18.7. The fraction of sp³-hybridized carbons (Fsp3) is 0.462. The van der Waals surface area contributed by atoms with E-state index >= 15 is 0 Å². The molecular weight excluding hydrogens is 372 g/mol. The van der Waals surface area contributed by atoms with Crippen LogP contribution in [0.3, 0.4) is 0 Å². The first-order chi connectivity index (χ1) is 14.1. The van der Waals surface area contributed by atoms with E-state index in [-0.39, 0.29) is 17.2 Å². The summed E-state index contributed by atoms with van der Waals surface area (Å²) < 4.78 is 0. The van der Waals surface area contributed by atoms with Gasteiger partial charge in [-0.3, -0.25) is 9.59 Å². The molecule has 2 N–H and O–H groups in total. The molecule has 1 heterocycles. The number of nitrogens with two attached hydrogens (primary N) is 1. The van der Waals surface area contributed by atoms with E-state index in [9.17, 15) is 9.59 Å². The third kappa shape index (κ3) is 4.92. The summed E-state index contributed by atoms with van der Waals surface area (Å²) in [6.07, 6.45) is 2.35. The molecule has 0 spiro atoms. The fourth-order valence-corrected chi connectivity index (χ4v) is 4.44. The third-order valence-electron chi connectivity index (χ3n) is 6.26. The zero-order valence-electron chi connectivity index (χ0n) is 18.7. The van der Waals surface area contributed by atoms with E-state index < -0.39 is 5.41 Å². The van der Waals surface area contributed by atoms with Crippen LogP contribution in [0, 0.1) is 17.8 Å². The Balaban J connectivity index is 1.83. The van der Waals surface area contributed by atoms with Crippen LogP contribution < -0.4 is 5.73 Å². The van der Waals surface area contributed by atoms with Crippen LogP contribution in [0.5, 0.6) is 0 Å². The lowest BCUT2D eigenvalue weighted by molar-refractivity contribution is -0.140. The van der Waals surface area contributed by atoms with E-state index in [0.717, 1.165) is 11.1 Å². The lowest BCUT2D eigenvalue weighted by atomic mass is 9.72. The Labute approximate surface area is 180 Å². The minimum atomic E-state index is -0.614. The van der Waals surface area contributed by atoms with E-state index in [1.807, 2.05) is 29.2 Å². The minimum absolute atomic E-state index is 0.0399. The molecule has 0 unspecified atom stereocenters. The van der Waals surface area contributed by atoms with Crippen molar-refractivity contribution < 1.29 is 9.59 Å². The van der Waals surface area contributed by atoms with E-state index in [1.54, 1.807) is 0 Å². The summed E-state index contributed by atoms with van der Waals surface area (Å²) >= 11 is 0. The Hall–Kier alpha value is -2.62. The first-order valence-corrected chi connectivity index (χ1v) is 10.8. The number of hydrogen-bond donors (Lipinski definition) is 1. The van der Waals surface area contributed by atoms with Gasteiger partial charge in [0, 0.05) is 19.5 Å². The van der Waals surface area contributed by atoms with Crippen LogP contribution >= 0.6 is 0 Å². The number of carbonyl (C=O) groups excluding carboxylic acids is 2. The van der Waals surface area contributed by atoms with Crippen LogP contribution in [0.4, 0.5) is 0 Å². The number of likely N-dealkylation sites (tertiary alicyclic amines) is 1. The topological polar surface area (TPSA) is 63.4 Å². The van der Waals surface area contributed by atoms with Crippen LogP contribution in [-0.4, -0.2) is 29.8 Å². The van der Waals surface area contributed by atoms with Gasteiger partial charge >= 0.3 is 0 Å². The van der Waals surface area contributed by atoms with E-state index in [2.05, 4.69) is 52.0 Å². The van der Waals surface area contributed by atoms with Crippen molar-refractivity contribution >= 4 is 11.8 Å². The molecule has 4 nitrogen and oxygen atoms in total. The molecule has 1 saturated heterocycles. The van der Waals surface area contributed by atoms with Gasteiger partial charge in [-0.1, -0.05) is 69.3 Å². The first-order valence-electron chi connectivity index (χ1n) is 10.8. The monoisotopic (exact) mass is 406 g/mol. The molecule has 2 aromatic rings. The van der Waals surface area contributed by atoms with Crippen LogP contribution in [0.25, 0.3) is 11.1 Å². The van der Waals surface area contributed by atoms with Gasteiger partial charge in [0.15, 0.2) is 0 Å². The van der Waals surface area contributed by atoms with Crippen molar-refractivity contribution in [2.24, 2.45) is 16.6 Å². The highest BCUT2D eigenvalue weighted by Gasteiger charge is 2.41. The maximum atomic E-state index is 12.6. The molecular formula is C26H34N2O2. The number of primary amides is 1. The van der Waals surface area contributed by atoms with Gasteiger partial charge < -0.3 is 10.6 Å². The maximum Gasteiger partial charge on any atom is 0.224 e. The Morgan fingerprint density at radius 3 is 2.10 bits per heavy atom. The van der Waals surface area contributed by atoms with Gasteiger partial charge in [-0.05, 0) is 53.9 Å². The normalized spacial score (nSPS) is 16.3. The molecule has 2 aromatic carbocycles. The average Bonchev–Trinajstić information content (AvgIpc) is 2.68. The third-order valence-corrected chi connectivity index (χ3v) is 6.26. The fourth-order valence-electron chi connectivity index (χ4n) is 4.44. The van der Waals surface area contributed by atoms with E-state index in [4.69, 9.17) is 5.73 Å². The van der Waals surface area contributed by atoms with Gasteiger partial charge in [0.25, 0.3) is 0 Å². The summed E-state index contributed by atoms with van der Waals surface area (Å²) in [5.74, 6) is -0.0918. The molecule has 1 fully saturated rings. The summed E-state index contributed by atoms with van der Waals surface area (Å²) in [5, 5.41) is 0. The van der Waals surface area contributed by atoms with Crippen LogP contribution in [0.1, 0.15) is 51.2 Å². The summed E-state index contributed by atoms with van der Waals surface area (Å²) in [4.78, 5) is 27.2. The smallest absolute Gasteiger partial charge is 0.224 e. The first kappa shape index (κ1) is 22.1. The Morgan fingerprint density at radius 2 is 1.53 bits per heavy atom. The SMILES string of the molecule is Cc1ccccc1-c1ccccc1CC1(C(N)=O)CCN(C(=O)CC(C)(C)C)CC1. The Morgan fingerprint density at radius 1 is 0.967 bits per heavy atom. The quantitative estimate of drug-likeness (QED) is 0.780. The van der Waals surface area contributed by atoms with Gasteiger partial charge in [0.2, 0.25) is 11.8 Å². The minimum Gasteiger partial charge on any atom is -0.369 e. The molecule has 0 aliphatic carbocycles. The molecule has 0 aromatic heterocycles. The number of amides is 2. The number of rotatable bonds is 5. The van der Waals surface area contributed by atoms with E-state index in [0.29, 0.717) is 38.8 Å². The van der Waals surface area contributed by atoms with Crippen molar-refractivity contribution in [2.75, 3.05) is 13.1 Å². The predicted octanol–water partition coefficient (Wildman–Crippen LogP) is 4.73.